The van der Waals surface area contributed by atoms with Crippen molar-refractivity contribution in [2.45, 2.75) is 4.90 Å². The first-order valence-corrected chi connectivity index (χ1v) is 12.3. The minimum Gasteiger partial charge on any atom is -0.369 e. The van der Waals surface area contributed by atoms with Gasteiger partial charge in [0.1, 0.15) is 21.4 Å². The van der Waals surface area contributed by atoms with Crippen LogP contribution < -0.4 is 10.2 Å². The van der Waals surface area contributed by atoms with E-state index in [1.165, 1.54) is 40.0 Å². The van der Waals surface area contributed by atoms with Gasteiger partial charge >= 0.3 is 0 Å². The Bertz CT molecular complexity index is 1240. The molecule has 1 N–H and O–H groups in total. The summed E-state index contributed by atoms with van der Waals surface area (Å²) in [5, 5.41) is 3.94. The molecule has 1 amide bonds. The second-order valence-corrected chi connectivity index (χ2v) is 10.3. The quantitative estimate of drug-likeness (QED) is 0.565. The third-order valence-electron chi connectivity index (χ3n) is 5.06. The van der Waals surface area contributed by atoms with Crippen LogP contribution in [0.5, 0.6) is 0 Å². The van der Waals surface area contributed by atoms with Gasteiger partial charge in [-0.05, 0) is 53.9 Å². The van der Waals surface area contributed by atoms with Gasteiger partial charge in [0.15, 0.2) is 0 Å². The largest absolute Gasteiger partial charge is 0.369 e. The molecule has 0 radical (unpaired) electrons. The van der Waals surface area contributed by atoms with Crippen molar-refractivity contribution in [2.24, 2.45) is 0 Å². The summed E-state index contributed by atoms with van der Waals surface area (Å²) in [6.07, 6.45) is 0. The van der Waals surface area contributed by atoms with Crippen molar-refractivity contribution in [1.82, 2.24) is 4.31 Å². The number of nitrogens with zero attached hydrogens (tertiary/aromatic N) is 2. The van der Waals surface area contributed by atoms with Gasteiger partial charge in [-0.25, -0.2) is 17.2 Å². The van der Waals surface area contributed by atoms with Gasteiger partial charge in [-0.1, -0.05) is 11.6 Å². The smallest absolute Gasteiger partial charge is 0.267 e. The SMILES string of the molecule is O=C(Nc1ccc(F)c(Cl)c1)c1sccc1S(=O)(=O)N1CCN(c2ccc(F)cc2)CC1. The molecular formula is C21H18ClF2N3O3S2. The molecule has 4 rings (SSSR count). The molecule has 0 bridgehead atoms. The Labute approximate surface area is 193 Å². The zero-order valence-corrected chi connectivity index (χ0v) is 19.0. The highest BCUT2D eigenvalue weighted by atomic mass is 35.5. The van der Waals surface area contributed by atoms with Crippen LogP contribution in [0.1, 0.15) is 9.67 Å². The van der Waals surface area contributed by atoms with Gasteiger partial charge in [-0.2, -0.15) is 4.31 Å². The number of hydrogen-bond donors (Lipinski definition) is 1. The molecule has 2 heterocycles. The Kier molecular flexibility index (Phi) is 6.47. The van der Waals surface area contributed by atoms with E-state index in [1.54, 1.807) is 12.1 Å². The molecule has 32 heavy (non-hydrogen) atoms. The Balaban J connectivity index is 1.48. The summed E-state index contributed by atoms with van der Waals surface area (Å²) >= 11 is 6.75. The number of rotatable bonds is 5. The van der Waals surface area contributed by atoms with Crippen molar-refractivity contribution >= 4 is 50.2 Å². The Morgan fingerprint density at radius 3 is 2.34 bits per heavy atom. The minimum atomic E-state index is -3.90. The van der Waals surface area contributed by atoms with Crippen molar-refractivity contribution < 1.29 is 22.0 Å². The Hall–Kier alpha value is -2.53. The van der Waals surface area contributed by atoms with Gasteiger partial charge in [0.25, 0.3) is 5.91 Å². The fraction of sp³-hybridized carbons (Fsp3) is 0.190. The summed E-state index contributed by atoms with van der Waals surface area (Å²) < 4.78 is 54.3. The van der Waals surface area contributed by atoms with Gasteiger partial charge < -0.3 is 10.2 Å². The number of sulfonamides is 1. The van der Waals surface area contributed by atoms with E-state index in [0.717, 1.165) is 23.1 Å². The topological polar surface area (TPSA) is 69.7 Å². The van der Waals surface area contributed by atoms with E-state index in [4.69, 9.17) is 11.6 Å². The highest BCUT2D eigenvalue weighted by Gasteiger charge is 2.32. The van der Waals surface area contributed by atoms with E-state index >= 15 is 0 Å². The molecule has 0 saturated carbocycles. The monoisotopic (exact) mass is 497 g/mol. The fourth-order valence-electron chi connectivity index (χ4n) is 3.41. The van der Waals surface area contributed by atoms with Crippen molar-refractivity contribution in [3.63, 3.8) is 0 Å². The number of anilines is 2. The predicted octanol–water partition coefficient (Wildman–Crippen LogP) is 4.44. The normalized spacial score (nSPS) is 15.0. The Morgan fingerprint density at radius 2 is 1.69 bits per heavy atom. The number of carbonyl (C=O) groups excluding carboxylic acids is 1. The summed E-state index contributed by atoms with van der Waals surface area (Å²) in [5.74, 6) is -1.57. The number of halogens is 3. The van der Waals surface area contributed by atoms with Crippen LogP contribution in [-0.4, -0.2) is 44.8 Å². The number of hydrogen-bond acceptors (Lipinski definition) is 5. The summed E-state index contributed by atoms with van der Waals surface area (Å²) in [5.41, 5.74) is 1.07. The maximum Gasteiger partial charge on any atom is 0.267 e. The third-order valence-corrected chi connectivity index (χ3v) is 8.33. The van der Waals surface area contributed by atoms with Crippen LogP contribution in [0.15, 0.2) is 58.8 Å². The maximum absolute atomic E-state index is 13.3. The maximum atomic E-state index is 13.3. The first-order valence-electron chi connectivity index (χ1n) is 9.60. The summed E-state index contributed by atoms with van der Waals surface area (Å²) in [7, 11) is -3.90. The number of nitrogens with one attached hydrogen (secondary N) is 1. The number of carbonyl (C=O) groups is 1. The molecule has 0 unspecified atom stereocenters. The van der Waals surface area contributed by atoms with Crippen LogP contribution >= 0.6 is 22.9 Å². The van der Waals surface area contributed by atoms with Crippen molar-refractivity contribution in [1.29, 1.82) is 0 Å². The lowest BCUT2D eigenvalue weighted by atomic mass is 10.2. The van der Waals surface area contributed by atoms with Gasteiger partial charge in [0, 0.05) is 37.6 Å². The zero-order chi connectivity index (χ0) is 22.9. The zero-order valence-electron chi connectivity index (χ0n) is 16.6. The standard InChI is InChI=1S/C21H18ClF2N3O3S2/c22-17-13-15(3-6-18(17)24)25-21(28)20-19(7-12-31-20)32(29,30)27-10-8-26(9-11-27)16-4-1-14(23)2-5-16/h1-7,12-13H,8-11H2,(H,25,28). The van der Waals surface area contributed by atoms with E-state index in [2.05, 4.69) is 5.32 Å². The van der Waals surface area contributed by atoms with E-state index in [0.29, 0.717) is 13.1 Å². The van der Waals surface area contributed by atoms with Gasteiger partial charge in [0.2, 0.25) is 10.0 Å². The van der Waals surface area contributed by atoms with Crippen molar-refractivity contribution in [3.05, 3.63) is 75.4 Å². The fourth-order valence-corrected chi connectivity index (χ4v) is 6.30. The molecule has 1 aliphatic rings. The molecule has 3 aromatic rings. The van der Waals surface area contributed by atoms with Gasteiger partial charge in [-0.15, -0.1) is 11.3 Å². The predicted molar refractivity (Wildman–Crippen MR) is 121 cm³/mol. The summed E-state index contributed by atoms with van der Waals surface area (Å²) in [4.78, 5) is 14.7. The molecule has 1 aliphatic heterocycles. The second-order valence-electron chi connectivity index (χ2n) is 7.06. The van der Waals surface area contributed by atoms with Crippen LogP contribution in [0.3, 0.4) is 0 Å². The van der Waals surface area contributed by atoms with Gasteiger partial charge in [-0.3, -0.25) is 4.79 Å². The van der Waals surface area contributed by atoms with Crippen LogP contribution in [0.2, 0.25) is 5.02 Å². The average molecular weight is 498 g/mol. The molecule has 6 nitrogen and oxygen atoms in total. The lowest BCUT2D eigenvalue weighted by Gasteiger charge is -2.35. The molecule has 2 aromatic carbocycles. The van der Waals surface area contributed by atoms with Crippen molar-refractivity contribution in [2.75, 3.05) is 36.4 Å². The molecular weight excluding hydrogens is 480 g/mol. The van der Waals surface area contributed by atoms with Gasteiger partial charge in [0.05, 0.1) is 5.02 Å². The molecule has 1 fully saturated rings. The van der Waals surface area contributed by atoms with Crippen LogP contribution in [-0.2, 0) is 10.0 Å². The molecule has 168 valence electrons. The van der Waals surface area contributed by atoms with E-state index < -0.39 is 21.7 Å². The third kappa shape index (κ3) is 4.63. The summed E-state index contributed by atoms with van der Waals surface area (Å²) in [6.45, 7) is 1.32. The van der Waals surface area contributed by atoms with Crippen LogP contribution in [0.4, 0.5) is 20.2 Å². The number of amides is 1. The highest BCUT2D eigenvalue weighted by molar-refractivity contribution is 7.89. The molecule has 11 heteroatoms. The molecule has 0 spiro atoms. The first-order chi connectivity index (χ1) is 15.3. The first kappa shape index (κ1) is 22.7. The van der Waals surface area contributed by atoms with Crippen molar-refractivity contribution in [3.8, 4) is 0 Å². The molecule has 1 aromatic heterocycles. The number of thiophene rings is 1. The minimum absolute atomic E-state index is 0.0337. The van der Waals surface area contributed by atoms with E-state index in [9.17, 15) is 22.0 Å². The lowest BCUT2D eigenvalue weighted by molar-refractivity contribution is 0.102. The van der Waals surface area contributed by atoms with E-state index in [1.807, 2.05) is 4.90 Å². The Morgan fingerprint density at radius 1 is 1.00 bits per heavy atom. The number of piperazine rings is 1. The number of benzene rings is 2. The summed E-state index contributed by atoms with van der Waals surface area (Å²) in [6, 6.07) is 11.2. The average Bonchev–Trinajstić information content (AvgIpc) is 3.28. The highest BCUT2D eigenvalue weighted by Crippen LogP contribution is 2.28. The lowest BCUT2D eigenvalue weighted by Crippen LogP contribution is -2.48. The molecule has 1 saturated heterocycles. The van der Waals surface area contributed by atoms with Crippen LogP contribution in [0.25, 0.3) is 0 Å². The molecule has 0 atom stereocenters. The molecule has 0 aliphatic carbocycles. The van der Waals surface area contributed by atoms with Crippen LogP contribution in [0, 0.1) is 11.6 Å². The van der Waals surface area contributed by atoms with E-state index in [-0.39, 0.29) is 39.4 Å². The second kappa shape index (κ2) is 9.14.